The minimum atomic E-state index is -1.54. The predicted molar refractivity (Wildman–Crippen MR) is 93.5 cm³/mol. The van der Waals surface area contributed by atoms with Gasteiger partial charge >= 0.3 is 0 Å². The summed E-state index contributed by atoms with van der Waals surface area (Å²) in [6.45, 7) is 12.9. The van der Waals surface area contributed by atoms with Crippen LogP contribution in [0, 0.1) is 33.0 Å². The predicted octanol–water partition coefficient (Wildman–Crippen LogP) is 4.05. The second-order valence-corrected chi connectivity index (χ2v) is 16.5. The van der Waals surface area contributed by atoms with Crippen LogP contribution in [0.15, 0.2) is 18.2 Å². The van der Waals surface area contributed by atoms with Crippen LogP contribution in [-0.4, -0.2) is 21.1 Å². The summed E-state index contributed by atoms with van der Waals surface area (Å²) in [5.74, 6) is 6.26. The van der Waals surface area contributed by atoms with Crippen LogP contribution in [0.2, 0.25) is 39.3 Å². The Morgan fingerprint density at radius 1 is 0.905 bits per heavy atom. The lowest BCUT2D eigenvalue weighted by atomic mass is 10.1. The maximum absolute atomic E-state index is 10.9. The van der Waals surface area contributed by atoms with Crippen LogP contribution >= 0.6 is 0 Å². The van der Waals surface area contributed by atoms with E-state index in [9.17, 15) is 10.1 Å². The van der Waals surface area contributed by atoms with Gasteiger partial charge in [0.1, 0.15) is 16.1 Å². The molecule has 1 aromatic rings. The number of nitrogens with zero attached hydrogens (tertiary/aromatic N) is 1. The molecular weight excluding hydrogens is 294 g/mol. The summed E-state index contributed by atoms with van der Waals surface area (Å²) in [4.78, 5) is 10.5. The number of rotatable bonds is 1. The van der Waals surface area contributed by atoms with Crippen LogP contribution < -0.4 is 0 Å². The fourth-order valence-electron chi connectivity index (χ4n) is 1.37. The normalized spacial score (nSPS) is 11.0. The van der Waals surface area contributed by atoms with E-state index >= 15 is 0 Å². The van der Waals surface area contributed by atoms with Crippen molar-refractivity contribution in [3.05, 3.63) is 39.4 Å². The van der Waals surface area contributed by atoms with Gasteiger partial charge in [0.2, 0.25) is 0 Å². The Hall–Kier alpha value is -1.83. The lowest BCUT2D eigenvalue weighted by molar-refractivity contribution is -0.384. The van der Waals surface area contributed by atoms with Crippen molar-refractivity contribution in [2.75, 3.05) is 0 Å². The smallest absolute Gasteiger partial charge is 0.258 e. The molecule has 0 saturated heterocycles. The Kier molecular flexibility index (Phi) is 5.17. The van der Waals surface area contributed by atoms with Crippen LogP contribution in [0.3, 0.4) is 0 Å². The first-order valence-electron chi connectivity index (χ1n) is 6.83. The van der Waals surface area contributed by atoms with Crippen molar-refractivity contribution in [3.63, 3.8) is 0 Å². The Bertz CT molecular complexity index is 675. The first kappa shape index (κ1) is 17.2. The first-order valence-corrected chi connectivity index (χ1v) is 13.8. The molecule has 21 heavy (non-hydrogen) atoms. The van der Waals surface area contributed by atoms with Crippen molar-refractivity contribution in [2.45, 2.75) is 39.3 Å². The summed E-state index contributed by atoms with van der Waals surface area (Å²) in [6, 6.07) is 4.73. The molecule has 0 amide bonds. The van der Waals surface area contributed by atoms with Gasteiger partial charge in [-0.25, -0.2) is 0 Å². The lowest BCUT2D eigenvalue weighted by Gasteiger charge is -2.05. The number of non-ortho nitro benzene ring substituents is 1. The molecule has 110 valence electrons. The van der Waals surface area contributed by atoms with E-state index in [-0.39, 0.29) is 5.69 Å². The fourth-order valence-corrected chi connectivity index (χ4v) is 2.39. The highest BCUT2D eigenvalue weighted by atomic mass is 28.3. The second kappa shape index (κ2) is 6.30. The average Bonchev–Trinajstić information content (AvgIpc) is 2.32. The van der Waals surface area contributed by atoms with Crippen molar-refractivity contribution >= 4 is 21.8 Å². The van der Waals surface area contributed by atoms with Crippen molar-refractivity contribution in [3.8, 4) is 22.9 Å². The molecule has 0 aliphatic rings. The molecule has 1 rings (SSSR count). The van der Waals surface area contributed by atoms with Gasteiger partial charge in [-0.1, -0.05) is 51.1 Å². The molecule has 0 radical (unpaired) electrons. The molecule has 0 aliphatic carbocycles. The van der Waals surface area contributed by atoms with E-state index in [1.165, 1.54) is 12.1 Å². The number of hydrogen-bond donors (Lipinski definition) is 0. The van der Waals surface area contributed by atoms with E-state index < -0.39 is 21.1 Å². The molecule has 5 heteroatoms. The Morgan fingerprint density at radius 3 is 1.81 bits per heavy atom. The molecule has 0 bridgehead atoms. The van der Waals surface area contributed by atoms with Gasteiger partial charge in [0.05, 0.1) is 4.92 Å². The zero-order valence-corrected chi connectivity index (χ0v) is 15.5. The van der Waals surface area contributed by atoms with Gasteiger partial charge < -0.3 is 0 Å². The summed E-state index contributed by atoms with van der Waals surface area (Å²) in [6.07, 6.45) is 0. The molecule has 0 N–H and O–H groups in total. The molecular formula is C16H21NO2Si2. The Labute approximate surface area is 128 Å². The molecule has 0 atom stereocenters. The van der Waals surface area contributed by atoms with Crippen LogP contribution in [-0.2, 0) is 0 Å². The third kappa shape index (κ3) is 6.44. The highest BCUT2D eigenvalue weighted by Gasteiger charge is 2.12. The zero-order chi connectivity index (χ0) is 16.3. The maximum Gasteiger partial charge on any atom is 0.270 e. The number of benzene rings is 1. The standard InChI is InChI=1S/C16H21NO2Si2/c1-20(2,3)11-9-14-7-8-16(17(18)19)13-15(14)10-12-21(4,5)6/h7-8,13H,1-6H3. The minimum Gasteiger partial charge on any atom is -0.258 e. The quantitative estimate of drug-likeness (QED) is 0.339. The van der Waals surface area contributed by atoms with Gasteiger partial charge in [-0.2, -0.15) is 0 Å². The number of nitro benzene ring substituents is 1. The van der Waals surface area contributed by atoms with Crippen LogP contribution in [0.1, 0.15) is 11.1 Å². The van der Waals surface area contributed by atoms with Crippen molar-refractivity contribution < 1.29 is 4.92 Å². The molecule has 0 saturated carbocycles. The molecule has 1 aromatic carbocycles. The third-order valence-corrected chi connectivity index (χ3v) is 4.11. The SMILES string of the molecule is C[Si](C)(C)C#Cc1ccc([N+](=O)[O-])cc1C#C[Si](C)(C)C. The largest absolute Gasteiger partial charge is 0.270 e. The summed E-state index contributed by atoms with van der Waals surface area (Å²) < 4.78 is 0. The first-order chi connectivity index (χ1) is 9.48. The molecule has 3 nitrogen and oxygen atoms in total. The Balaban J connectivity index is 3.38. The number of hydrogen-bond acceptors (Lipinski definition) is 2. The minimum absolute atomic E-state index is 0.0634. The van der Waals surface area contributed by atoms with Gasteiger partial charge in [0.25, 0.3) is 5.69 Å². The van der Waals surface area contributed by atoms with E-state index in [2.05, 4.69) is 62.2 Å². The van der Waals surface area contributed by atoms with Gasteiger partial charge in [-0.15, -0.1) is 11.1 Å². The van der Waals surface area contributed by atoms with Gasteiger partial charge in [-0.3, -0.25) is 10.1 Å². The van der Waals surface area contributed by atoms with E-state index in [0.717, 1.165) is 5.56 Å². The van der Waals surface area contributed by atoms with Gasteiger partial charge in [0, 0.05) is 23.3 Å². The third-order valence-electron chi connectivity index (χ3n) is 2.36. The molecule has 0 fully saturated rings. The molecule has 0 heterocycles. The monoisotopic (exact) mass is 315 g/mol. The van der Waals surface area contributed by atoms with E-state index in [0.29, 0.717) is 5.56 Å². The van der Waals surface area contributed by atoms with Crippen molar-refractivity contribution in [2.24, 2.45) is 0 Å². The van der Waals surface area contributed by atoms with Crippen LogP contribution in [0.25, 0.3) is 0 Å². The van der Waals surface area contributed by atoms with Gasteiger partial charge in [0.15, 0.2) is 0 Å². The molecule has 0 spiro atoms. The summed E-state index contributed by atoms with van der Waals surface area (Å²) >= 11 is 0. The molecule has 0 aromatic heterocycles. The Morgan fingerprint density at radius 2 is 1.38 bits per heavy atom. The fraction of sp³-hybridized carbons (Fsp3) is 0.375. The lowest BCUT2D eigenvalue weighted by Crippen LogP contribution is -2.16. The molecule has 0 unspecified atom stereocenters. The molecule has 0 aliphatic heterocycles. The number of nitro groups is 1. The van der Waals surface area contributed by atoms with Gasteiger partial charge in [-0.05, 0) is 6.07 Å². The average molecular weight is 316 g/mol. The second-order valence-electron chi connectivity index (χ2n) is 6.99. The summed E-state index contributed by atoms with van der Waals surface area (Å²) in [5, 5.41) is 10.9. The topological polar surface area (TPSA) is 43.1 Å². The van der Waals surface area contributed by atoms with Crippen LogP contribution in [0.5, 0.6) is 0 Å². The van der Waals surface area contributed by atoms with E-state index in [1.54, 1.807) is 6.07 Å². The highest BCUT2D eigenvalue weighted by Crippen LogP contribution is 2.17. The van der Waals surface area contributed by atoms with Crippen molar-refractivity contribution in [1.82, 2.24) is 0 Å². The highest BCUT2D eigenvalue weighted by molar-refractivity contribution is 6.84. The summed E-state index contributed by atoms with van der Waals surface area (Å²) in [7, 11) is -3.03. The maximum atomic E-state index is 10.9. The zero-order valence-electron chi connectivity index (χ0n) is 13.5. The van der Waals surface area contributed by atoms with Crippen LogP contribution in [0.4, 0.5) is 5.69 Å². The van der Waals surface area contributed by atoms with E-state index in [1.807, 2.05) is 0 Å². The van der Waals surface area contributed by atoms with Crippen molar-refractivity contribution in [1.29, 1.82) is 0 Å². The summed E-state index contributed by atoms with van der Waals surface area (Å²) in [5.41, 5.74) is 8.05. The van der Waals surface area contributed by atoms with E-state index in [4.69, 9.17) is 0 Å².